The minimum atomic E-state index is -1.31. The zero-order valence-corrected chi connectivity index (χ0v) is 21.3. The maximum Gasteiger partial charge on any atom is 0.303 e. The van der Waals surface area contributed by atoms with E-state index in [1.165, 1.54) is 6.92 Å². The molecular weight excluding hydrogens is 508 g/mol. The number of ether oxygens (including phenoxy) is 5. The van der Waals surface area contributed by atoms with Gasteiger partial charge in [-0.1, -0.05) is 42.1 Å². The summed E-state index contributed by atoms with van der Waals surface area (Å²) in [5, 5.41) is 2.75. The van der Waals surface area contributed by atoms with E-state index >= 15 is 0 Å². The van der Waals surface area contributed by atoms with Gasteiger partial charge in [0.25, 0.3) is 5.91 Å². The second-order valence-corrected chi connectivity index (χ2v) is 9.08. The first-order valence-corrected chi connectivity index (χ1v) is 12.1. The zero-order valence-electron chi connectivity index (χ0n) is 20.5. The summed E-state index contributed by atoms with van der Waals surface area (Å²) in [6.07, 6.45) is -3.36. The minimum absolute atomic E-state index is 0.132. The number of hydrogen-bond acceptors (Lipinski definition) is 12. The third kappa shape index (κ3) is 7.89. The summed E-state index contributed by atoms with van der Waals surface area (Å²) in [5.41, 5.74) is -0.204. The first-order valence-electron chi connectivity index (χ1n) is 11.2. The summed E-state index contributed by atoms with van der Waals surface area (Å²) in [6.45, 7) is 4.25. The van der Waals surface area contributed by atoms with Gasteiger partial charge < -0.3 is 23.7 Å². The molecule has 1 amide bonds. The van der Waals surface area contributed by atoms with Gasteiger partial charge in [0, 0.05) is 27.7 Å². The molecule has 0 unspecified atom stereocenters. The molecule has 1 fully saturated rings. The van der Waals surface area contributed by atoms with E-state index in [9.17, 15) is 24.0 Å². The van der Waals surface area contributed by atoms with Gasteiger partial charge in [-0.25, -0.2) is 4.99 Å². The van der Waals surface area contributed by atoms with Crippen molar-refractivity contribution in [3.63, 3.8) is 0 Å². The Kier molecular flexibility index (Phi) is 9.42. The first-order chi connectivity index (χ1) is 17.5. The number of nitrogens with one attached hydrogen (secondary N) is 1. The smallest absolute Gasteiger partial charge is 0.303 e. The molecule has 1 saturated heterocycles. The summed E-state index contributed by atoms with van der Waals surface area (Å²) in [4.78, 5) is 64.0. The van der Waals surface area contributed by atoms with Crippen LogP contribution in [-0.4, -0.2) is 71.4 Å². The fourth-order valence-electron chi connectivity index (χ4n) is 3.60. The number of amides is 1. The van der Waals surface area contributed by atoms with Crippen LogP contribution in [0, 0.1) is 0 Å². The fraction of sp³-hybridized carbons (Fsp3) is 0.417. The maximum absolute atomic E-state index is 12.5. The molecule has 13 heteroatoms. The lowest BCUT2D eigenvalue weighted by Crippen LogP contribution is -2.61. The van der Waals surface area contributed by atoms with Crippen molar-refractivity contribution in [2.45, 2.75) is 57.5 Å². The predicted molar refractivity (Wildman–Crippen MR) is 130 cm³/mol. The van der Waals surface area contributed by atoms with Crippen molar-refractivity contribution in [3.05, 3.63) is 41.6 Å². The van der Waals surface area contributed by atoms with Crippen LogP contribution in [0.2, 0.25) is 0 Å². The molecule has 0 radical (unpaired) electrons. The van der Waals surface area contributed by atoms with Gasteiger partial charge in [-0.15, -0.1) is 0 Å². The molecule has 0 spiro atoms. The van der Waals surface area contributed by atoms with Gasteiger partial charge in [-0.2, -0.15) is 0 Å². The average molecular weight is 535 g/mol. The van der Waals surface area contributed by atoms with E-state index in [4.69, 9.17) is 23.7 Å². The maximum atomic E-state index is 12.5. The average Bonchev–Trinajstić information content (AvgIpc) is 3.14. The lowest BCUT2D eigenvalue weighted by atomic mass is 9.99. The van der Waals surface area contributed by atoms with Gasteiger partial charge in [0.2, 0.25) is 0 Å². The molecule has 3 rings (SSSR count). The van der Waals surface area contributed by atoms with E-state index in [0.29, 0.717) is 0 Å². The Hall–Kier alpha value is -3.71. The summed E-state index contributed by atoms with van der Waals surface area (Å²) in [5.74, 6) is -3.27. The van der Waals surface area contributed by atoms with Gasteiger partial charge in [0.1, 0.15) is 18.4 Å². The number of carbonyl (C=O) groups excluding carboxylic acids is 5. The SMILES string of the molecule is CC(=O)OC[C@@H]1O[C@H](SC2=N/C(=C/c3ccccc3)C(=O)N2)[C@H](OC(C)=O)[C@H](OC(C)=O)[C@H]1OC(C)=O. The normalized spacial score (nSPS) is 26.1. The van der Waals surface area contributed by atoms with E-state index in [1.54, 1.807) is 18.2 Å². The number of aliphatic imine (C=N–C) groups is 1. The van der Waals surface area contributed by atoms with E-state index in [-0.39, 0.29) is 17.5 Å². The first kappa shape index (κ1) is 27.9. The molecule has 1 aromatic rings. The zero-order chi connectivity index (χ0) is 27.1. The molecule has 0 aliphatic carbocycles. The number of nitrogens with zero attached hydrogens (tertiary/aromatic N) is 1. The molecule has 5 atom stereocenters. The third-order valence-corrected chi connectivity index (χ3v) is 5.98. The predicted octanol–water partition coefficient (Wildman–Crippen LogP) is 1.33. The van der Waals surface area contributed by atoms with Crippen LogP contribution in [0.5, 0.6) is 0 Å². The van der Waals surface area contributed by atoms with Crippen LogP contribution in [-0.2, 0) is 47.7 Å². The Morgan fingerprint density at radius 3 is 2.11 bits per heavy atom. The van der Waals surface area contributed by atoms with E-state index in [0.717, 1.165) is 38.1 Å². The fourth-order valence-corrected chi connectivity index (χ4v) is 4.67. The third-order valence-electron chi connectivity index (χ3n) is 4.95. The molecule has 1 N–H and O–H groups in total. The quantitative estimate of drug-likeness (QED) is 0.306. The number of esters is 4. The summed E-state index contributed by atoms with van der Waals surface area (Å²) < 4.78 is 27.2. The van der Waals surface area contributed by atoms with Crippen molar-refractivity contribution >= 4 is 52.8 Å². The molecule has 37 heavy (non-hydrogen) atoms. The van der Waals surface area contributed by atoms with Crippen LogP contribution in [0.3, 0.4) is 0 Å². The van der Waals surface area contributed by atoms with Crippen molar-refractivity contribution in [3.8, 4) is 0 Å². The number of amidine groups is 1. The number of hydrogen-bond donors (Lipinski definition) is 1. The van der Waals surface area contributed by atoms with Gasteiger partial charge in [-0.05, 0) is 11.6 Å². The summed E-state index contributed by atoms with van der Waals surface area (Å²) in [7, 11) is 0. The van der Waals surface area contributed by atoms with Gasteiger partial charge in [-0.3, -0.25) is 29.3 Å². The highest BCUT2D eigenvalue weighted by Gasteiger charge is 2.53. The Morgan fingerprint density at radius 1 is 0.919 bits per heavy atom. The molecule has 1 aromatic carbocycles. The van der Waals surface area contributed by atoms with Crippen molar-refractivity contribution < 1.29 is 47.7 Å². The molecule has 198 valence electrons. The van der Waals surface area contributed by atoms with Gasteiger partial charge in [0.05, 0.1) is 0 Å². The molecule has 0 aromatic heterocycles. The van der Waals surface area contributed by atoms with Gasteiger partial charge >= 0.3 is 23.9 Å². The Bertz CT molecular complexity index is 1120. The van der Waals surface area contributed by atoms with Crippen LogP contribution >= 0.6 is 11.8 Å². The molecule has 2 aliphatic rings. The highest BCUT2D eigenvalue weighted by molar-refractivity contribution is 8.14. The van der Waals surface area contributed by atoms with Crippen LogP contribution in [0.4, 0.5) is 0 Å². The standard InChI is InChI=1S/C24H26N2O10S/c1-12(27)32-11-18-19(33-13(2)28)20(34-14(3)29)21(35-15(4)30)23(36-18)37-24-25-17(22(31)26-24)10-16-8-6-5-7-9-16/h5-10,18-21,23H,11H2,1-4H3,(H,25,26,31)/b17-10+/t18-,19-,20+,21+,23+/m0/s1. The number of carbonyl (C=O) groups is 5. The van der Waals surface area contributed by atoms with E-state index in [2.05, 4.69) is 10.3 Å². The van der Waals surface area contributed by atoms with Gasteiger partial charge in [0.15, 0.2) is 28.9 Å². The number of thioether (sulfide) groups is 1. The molecular formula is C24H26N2O10S. The molecule has 0 saturated carbocycles. The molecule has 12 nitrogen and oxygen atoms in total. The van der Waals surface area contributed by atoms with E-state index < -0.39 is 59.6 Å². The topological polar surface area (TPSA) is 156 Å². The number of rotatable bonds is 7. The lowest BCUT2D eigenvalue weighted by Gasteiger charge is -2.44. The second kappa shape index (κ2) is 12.5. The Morgan fingerprint density at radius 2 is 1.51 bits per heavy atom. The Balaban J connectivity index is 1.94. The van der Waals surface area contributed by atoms with E-state index in [1.807, 2.05) is 18.2 Å². The monoisotopic (exact) mass is 534 g/mol. The Labute approximate surface area is 216 Å². The van der Waals surface area contributed by atoms with Crippen molar-refractivity contribution in [1.82, 2.24) is 5.32 Å². The highest BCUT2D eigenvalue weighted by atomic mass is 32.2. The van der Waals surface area contributed by atoms with Crippen LogP contribution in [0.25, 0.3) is 6.08 Å². The molecule has 0 bridgehead atoms. The molecule has 2 heterocycles. The number of benzene rings is 1. The minimum Gasteiger partial charge on any atom is -0.463 e. The van der Waals surface area contributed by atoms with Crippen LogP contribution in [0.15, 0.2) is 41.0 Å². The summed E-state index contributed by atoms with van der Waals surface area (Å²) in [6, 6.07) is 9.08. The van der Waals surface area contributed by atoms with Crippen LogP contribution < -0.4 is 5.32 Å². The largest absolute Gasteiger partial charge is 0.463 e. The van der Waals surface area contributed by atoms with Crippen LogP contribution in [0.1, 0.15) is 33.3 Å². The second-order valence-electron chi connectivity index (χ2n) is 8.00. The van der Waals surface area contributed by atoms with Crippen molar-refractivity contribution in [2.24, 2.45) is 4.99 Å². The summed E-state index contributed by atoms with van der Waals surface area (Å²) >= 11 is 0.892. The lowest BCUT2D eigenvalue weighted by molar-refractivity contribution is -0.237. The van der Waals surface area contributed by atoms with Crippen molar-refractivity contribution in [1.29, 1.82) is 0 Å². The highest BCUT2D eigenvalue weighted by Crippen LogP contribution is 2.35. The molecule has 2 aliphatic heterocycles. The van der Waals surface area contributed by atoms with Crippen molar-refractivity contribution in [2.75, 3.05) is 6.61 Å².